The molecule has 0 saturated carbocycles. The van der Waals surface area contributed by atoms with Crippen molar-refractivity contribution in [1.82, 2.24) is 14.7 Å². The standard InChI is InChI=1S/C16H18BrN3S/c1-10-6-12(7-11(2)15(10)17)14(18-3)8-13-9-20-4-5-21-16(20)19-13/h4-7,9,14,18H,8H2,1-3H3. The van der Waals surface area contributed by atoms with E-state index in [1.807, 2.05) is 7.05 Å². The van der Waals surface area contributed by atoms with E-state index in [1.54, 1.807) is 11.3 Å². The van der Waals surface area contributed by atoms with Gasteiger partial charge in [0.05, 0.1) is 5.69 Å². The van der Waals surface area contributed by atoms with Gasteiger partial charge in [0.25, 0.3) is 0 Å². The van der Waals surface area contributed by atoms with E-state index in [0.717, 1.165) is 17.1 Å². The van der Waals surface area contributed by atoms with Crippen molar-refractivity contribution in [3.8, 4) is 0 Å². The first-order valence-corrected chi connectivity index (χ1v) is 8.60. The Morgan fingerprint density at radius 2 is 2.05 bits per heavy atom. The molecule has 1 N–H and O–H groups in total. The quantitative estimate of drug-likeness (QED) is 0.749. The fraction of sp³-hybridized carbons (Fsp3) is 0.312. The zero-order chi connectivity index (χ0) is 15.0. The second kappa shape index (κ2) is 5.91. The highest BCUT2D eigenvalue weighted by molar-refractivity contribution is 9.10. The first kappa shape index (κ1) is 14.8. The van der Waals surface area contributed by atoms with Gasteiger partial charge >= 0.3 is 0 Å². The highest BCUT2D eigenvalue weighted by atomic mass is 79.9. The molecule has 0 aliphatic heterocycles. The van der Waals surface area contributed by atoms with Crippen LogP contribution in [0.15, 0.2) is 34.4 Å². The van der Waals surface area contributed by atoms with Crippen LogP contribution in [0.2, 0.25) is 0 Å². The van der Waals surface area contributed by atoms with Crippen LogP contribution in [0.25, 0.3) is 4.96 Å². The minimum Gasteiger partial charge on any atom is -0.313 e. The molecule has 0 saturated heterocycles. The van der Waals surface area contributed by atoms with Crippen molar-refractivity contribution in [3.05, 3.63) is 56.8 Å². The van der Waals surface area contributed by atoms with Crippen LogP contribution in [0.1, 0.15) is 28.4 Å². The SMILES string of the molecule is CNC(Cc1cn2ccsc2n1)c1cc(C)c(Br)c(C)c1. The summed E-state index contributed by atoms with van der Waals surface area (Å²) in [6.45, 7) is 4.28. The van der Waals surface area contributed by atoms with Crippen molar-refractivity contribution in [2.75, 3.05) is 7.05 Å². The summed E-state index contributed by atoms with van der Waals surface area (Å²) in [7, 11) is 2.01. The number of aryl methyl sites for hydroxylation is 2. The molecular formula is C16H18BrN3S. The van der Waals surface area contributed by atoms with Gasteiger partial charge < -0.3 is 5.32 Å². The number of hydrogen-bond donors (Lipinski definition) is 1. The number of fused-ring (bicyclic) bond motifs is 1. The Morgan fingerprint density at radius 1 is 1.33 bits per heavy atom. The van der Waals surface area contributed by atoms with Gasteiger partial charge in [-0.3, -0.25) is 4.40 Å². The molecule has 110 valence electrons. The molecule has 0 spiro atoms. The van der Waals surface area contributed by atoms with Crippen LogP contribution in [0, 0.1) is 13.8 Å². The third kappa shape index (κ3) is 2.91. The van der Waals surface area contributed by atoms with Gasteiger partial charge in [-0.1, -0.05) is 28.1 Å². The molecule has 2 aromatic heterocycles. The van der Waals surface area contributed by atoms with Gasteiger partial charge in [-0.15, -0.1) is 11.3 Å². The van der Waals surface area contributed by atoms with Crippen molar-refractivity contribution < 1.29 is 0 Å². The lowest BCUT2D eigenvalue weighted by Gasteiger charge is -2.18. The van der Waals surface area contributed by atoms with Crippen molar-refractivity contribution in [2.24, 2.45) is 0 Å². The molecule has 0 aliphatic rings. The number of likely N-dealkylation sites (N-methyl/N-ethyl adjacent to an activating group) is 1. The summed E-state index contributed by atoms with van der Waals surface area (Å²) < 4.78 is 3.29. The lowest BCUT2D eigenvalue weighted by Crippen LogP contribution is -2.19. The maximum absolute atomic E-state index is 4.68. The first-order chi connectivity index (χ1) is 10.1. The molecule has 1 unspecified atom stereocenters. The maximum Gasteiger partial charge on any atom is 0.193 e. The van der Waals surface area contributed by atoms with E-state index >= 15 is 0 Å². The Hall–Kier alpha value is -1.17. The maximum atomic E-state index is 4.68. The molecule has 21 heavy (non-hydrogen) atoms. The summed E-state index contributed by atoms with van der Waals surface area (Å²) >= 11 is 5.31. The molecule has 0 fully saturated rings. The molecule has 5 heteroatoms. The van der Waals surface area contributed by atoms with Crippen LogP contribution in [0.5, 0.6) is 0 Å². The Bertz CT molecular complexity index is 723. The lowest BCUT2D eigenvalue weighted by molar-refractivity contribution is 0.585. The first-order valence-electron chi connectivity index (χ1n) is 6.93. The van der Waals surface area contributed by atoms with E-state index in [4.69, 9.17) is 0 Å². The van der Waals surface area contributed by atoms with E-state index in [9.17, 15) is 0 Å². The minimum atomic E-state index is 0.278. The average Bonchev–Trinajstić information content (AvgIpc) is 3.02. The molecule has 3 rings (SSSR count). The van der Waals surface area contributed by atoms with Gasteiger partial charge in [0.2, 0.25) is 0 Å². The van der Waals surface area contributed by atoms with Gasteiger partial charge in [0.1, 0.15) is 0 Å². The second-order valence-electron chi connectivity index (χ2n) is 5.34. The van der Waals surface area contributed by atoms with Crippen molar-refractivity contribution in [1.29, 1.82) is 0 Å². The molecule has 3 nitrogen and oxygen atoms in total. The summed E-state index contributed by atoms with van der Waals surface area (Å²) in [5, 5.41) is 5.47. The fourth-order valence-electron chi connectivity index (χ4n) is 2.65. The molecule has 0 bridgehead atoms. The number of aromatic nitrogens is 2. The van der Waals surface area contributed by atoms with Gasteiger partial charge in [-0.25, -0.2) is 4.98 Å². The molecule has 1 atom stereocenters. The summed E-state index contributed by atoms with van der Waals surface area (Å²) in [6, 6.07) is 4.77. The Balaban J connectivity index is 1.89. The summed E-state index contributed by atoms with van der Waals surface area (Å²) in [5.74, 6) is 0. The highest BCUT2D eigenvalue weighted by Crippen LogP contribution is 2.27. The number of imidazole rings is 1. The van der Waals surface area contributed by atoms with E-state index in [0.29, 0.717) is 0 Å². The van der Waals surface area contributed by atoms with Gasteiger partial charge in [0, 0.05) is 34.7 Å². The van der Waals surface area contributed by atoms with Crippen LogP contribution in [0.4, 0.5) is 0 Å². The normalized spacial score (nSPS) is 13.0. The van der Waals surface area contributed by atoms with Gasteiger partial charge in [-0.05, 0) is 37.6 Å². The molecule has 2 heterocycles. The lowest BCUT2D eigenvalue weighted by atomic mass is 9.98. The third-order valence-corrected chi connectivity index (χ3v) is 5.79. The predicted molar refractivity (Wildman–Crippen MR) is 92.2 cm³/mol. The zero-order valence-electron chi connectivity index (χ0n) is 12.4. The number of hydrogen-bond acceptors (Lipinski definition) is 3. The largest absolute Gasteiger partial charge is 0.313 e. The highest BCUT2D eigenvalue weighted by Gasteiger charge is 2.15. The fourth-order valence-corrected chi connectivity index (χ4v) is 3.60. The number of halogens is 1. The molecular weight excluding hydrogens is 346 g/mol. The molecule has 1 aromatic carbocycles. The molecule has 0 aliphatic carbocycles. The second-order valence-corrected chi connectivity index (χ2v) is 7.01. The number of nitrogens with zero attached hydrogens (tertiary/aromatic N) is 2. The minimum absolute atomic E-state index is 0.278. The van der Waals surface area contributed by atoms with Crippen molar-refractivity contribution >= 4 is 32.2 Å². The van der Waals surface area contributed by atoms with Crippen LogP contribution >= 0.6 is 27.3 Å². The van der Waals surface area contributed by atoms with E-state index < -0.39 is 0 Å². The predicted octanol–water partition coefficient (Wildman–Crippen LogP) is 4.28. The number of benzene rings is 1. The number of thiazole rings is 1. The number of nitrogens with one attached hydrogen (secondary N) is 1. The van der Waals surface area contributed by atoms with E-state index in [1.165, 1.54) is 21.2 Å². The Kier molecular flexibility index (Phi) is 4.15. The number of rotatable bonds is 4. The van der Waals surface area contributed by atoms with Gasteiger partial charge in [-0.2, -0.15) is 0 Å². The Labute approximate surface area is 137 Å². The van der Waals surface area contributed by atoms with Crippen molar-refractivity contribution in [3.63, 3.8) is 0 Å². The Morgan fingerprint density at radius 3 is 2.67 bits per heavy atom. The van der Waals surface area contributed by atoms with Gasteiger partial charge in [0.15, 0.2) is 4.96 Å². The van der Waals surface area contributed by atoms with Crippen LogP contribution in [-0.2, 0) is 6.42 Å². The average molecular weight is 364 g/mol. The van der Waals surface area contributed by atoms with Crippen LogP contribution in [0.3, 0.4) is 0 Å². The molecule has 0 amide bonds. The summed E-state index contributed by atoms with van der Waals surface area (Å²) in [4.78, 5) is 5.74. The molecule has 3 aromatic rings. The summed E-state index contributed by atoms with van der Waals surface area (Å²) in [6.07, 6.45) is 5.07. The summed E-state index contributed by atoms with van der Waals surface area (Å²) in [5.41, 5.74) is 4.98. The van der Waals surface area contributed by atoms with Crippen LogP contribution < -0.4 is 5.32 Å². The van der Waals surface area contributed by atoms with Crippen LogP contribution in [-0.4, -0.2) is 16.4 Å². The molecule has 0 radical (unpaired) electrons. The topological polar surface area (TPSA) is 29.3 Å². The monoisotopic (exact) mass is 363 g/mol. The van der Waals surface area contributed by atoms with Crippen molar-refractivity contribution in [2.45, 2.75) is 26.3 Å². The third-order valence-electron chi connectivity index (χ3n) is 3.77. The zero-order valence-corrected chi connectivity index (χ0v) is 14.8. The smallest absolute Gasteiger partial charge is 0.193 e. The van der Waals surface area contributed by atoms with E-state index in [2.05, 4.69) is 74.4 Å². The van der Waals surface area contributed by atoms with E-state index in [-0.39, 0.29) is 6.04 Å².